The first-order valence-electron chi connectivity index (χ1n) is 9.83. The van der Waals surface area contributed by atoms with Crippen LogP contribution in [-0.4, -0.2) is 55.0 Å². The van der Waals surface area contributed by atoms with Gasteiger partial charge in [0.25, 0.3) is 0 Å². The summed E-state index contributed by atoms with van der Waals surface area (Å²) in [5.74, 6) is 0.00338. The SMILES string of the molecule is CCCC(=O)N(CCOC)CC(=O)N1CCc2sccc2[C@H]1c1ccccc1. The van der Waals surface area contributed by atoms with Gasteiger partial charge in [-0.25, -0.2) is 0 Å². The minimum atomic E-state index is -0.0887. The van der Waals surface area contributed by atoms with E-state index in [1.807, 2.05) is 30.0 Å². The lowest BCUT2D eigenvalue weighted by molar-refractivity contribution is -0.142. The second-order valence-electron chi connectivity index (χ2n) is 7.01. The van der Waals surface area contributed by atoms with Crippen molar-refractivity contribution in [3.05, 3.63) is 57.8 Å². The zero-order valence-electron chi connectivity index (χ0n) is 16.6. The summed E-state index contributed by atoms with van der Waals surface area (Å²) in [6, 6.07) is 12.2. The molecule has 0 unspecified atom stereocenters. The van der Waals surface area contributed by atoms with Gasteiger partial charge in [-0.3, -0.25) is 9.59 Å². The lowest BCUT2D eigenvalue weighted by Crippen LogP contribution is -2.47. The van der Waals surface area contributed by atoms with Crippen LogP contribution < -0.4 is 0 Å². The summed E-state index contributed by atoms with van der Waals surface area (Å²) in [5, 5.41) is 2.10. The maximum absolute atomic E-state index is 13.3. The molecule has 0 bridgehead atoms. The highest BCUT2D eigenvalue weighted by molar-refractivity contribution is 7.10. The Morgan fingerprint density at radius 3 is 2.75 bits per heavy atom. The summed E-state index contributed by atoms with van der Waals surface area (Å²) in [6.07, 6.45) is 2.09. The summed E-state index contributed by atoms with van der Waals surface area (Å²) in [6.45, 7) is 3.62. The first kappa shape index (κ1) is 20.6. The number of benzene rings is 1. The number of methoxy groups -OCH3 is 1. The molecule has 6 heteroatoms. The van der Waals surface area contributed by atoms with Crippen LogP contribution in [-0.2, 0) is 20.7 Å². The highest BCUT2D eigenvalue weighted by Crippen LogP contribution is 2.37. The number of hydrogen-bond donors (Lipinski definition) is 0. The fraction of sp³-hybridized carbons (Fsp3) is 0.455. The third kappa shape index (κ3) is 4.62. The number of amides is 2. The monoisotopic (exact) mass is 400 g/mol. The summed E-state index contributed by atoms with van der Waals surface area (Å²) in [4.78, 5) is 30.7. The molecule has 2 aromatic rings. The van der Waals surface area contributed by atoms with Gasteiger partial charge in [-0.1, -0.05) is 37.3 Å². The van der Waals surface area contributed by atoms with Gasteiger partial charge in [0.15, 0.2) is 0 Å². The molecule has 5 nitrogen and oxygen atoms in total. The fourth-order valence-electron chi connectivity index (χ4n) is 3.70. The van der Waals surface area contributed by atoms with E-state index in [9.17, 15) is 9.59 Å². The van der Waals surface area contributed by atoms with Crippen LogP contribution in [0, 0.1) is 0 Å². The number of nitrogens with zero attached hydrogens (tertiary/aromatic N) is 2. The number of carbonyl (C=O) groups excluding carboxylic acids is 2. The van der Waals surface area contributed by atoms with Gasteiger partial charge < -0.3 is 14.5 Å². The predicted molar refractivity (Wildman–Crippen MR) is 111 cm³/mol. The summed E-state index contributed by atoms with van der Waals surface area (Å²) >= 11 is 1.76. The van der Waals surface area contributed by atoms with E-state index < -0.39 is 0 Å². The van der Waals surface area contributed by atoms with Gasteiger partial charge in [0.05, 0.1) is 19.2 Å². The molecule has 0 aliphatic carbocycles. The summed E-state index contributed by atoms with van der Waals surface area (Å²) < 4.78 is 5.14. The average molecular weight is 401 g/mol. The van der Waals surface area contributed by atoms with Crippen LogP contribution in [0.15, 0.2) is 41.8 Å². The Morgan fingerprint density at radius 2 is 2.04 bits per heavy atom. The molecule has 1 atom stereocenters. The number of ether oxygens (including phenoxy) is 1. The van der Waals surface area contributed by atoms with Crippen molar-refractivity contribution in [2.24, 2.45) is 0 Å². The van der Waals surface area contributed by atoms with Gasteiger partial charge in [0, 0.05) is 31.5 Å². The fourth-order valence-corrected chi connectivity index (χ4v) is 4.60. The summed E-state index contributed by atoms with van der Waals surface area (Å²) in [7, 11) is 1.61. The first-order valence-corrected chi connectivity index (χ1v) is 10.7. The van der Waals surface area contributed by atoms with E-state index in [-0.39, 0.29) is 24.4 Å². The molecule has 0 fully saturated rings. The zero-order chi connectivity index (χ0) is 19.9. The Balaban J connectivity index is 1.83. The van der Waals surface area contributed by atoms with Crippen LogP contribution in [0.1, 0.15) is 41.8 Å². The number of carbonyl (C=O) groups is 2. The Bertz CT molecular complexity index is 790. The standard InChI is InChI=1S/C22H28N2O3S/c1-3-7-20(25)23(13-14-27-2)16-21(26)24-12-10-19-18(11-15-28-19)22(24)17-8-5-4-6-9-17/h4-6,8-9,11,15,22H,3,7,10,12-14,16H2,1-2H3/t22-/m1/s1. The molecule has 28 heavy (non-hydrogen) atoms. The number of hydrogen-bond acceptors (Lipinski definition) is 4. The molecule has 2 amide bonds. The Morgan fingerprint density at radius 1 is 1.25 bits per heavy atom. The Labute approximate surface area is 170 Å². The third-order valence-electron chi connectivity index (χ3n) is 5.11. The van der Waals surface area contributed by atoms with Gasteiger partial charge >= 0.3 is 0 Å². The van der Waals surface area contributed by atoms with Gasteiger partial charge in [0.1, 0.15) is 0 Å². The highest BCUT2D eigenvalue weighted by Gasteiger charge is 2.33. The molecule has 1 aliphatic heterocycles. The molecule has 2 heterocycles. The molecule has 3 rings (SSSR count). The van der Waals surface area contributed by atoms with Crippen LogP contribution in [0.5, 0.6) is 0 Å². The van der Waals surface area contributed by atoms with Crippen LogP contribution >= 0.6 is 11.3 Å². The van der Waals surface area contributed by atoms with Gasteiger partial charge in [0.2, 0.25) is 11.8 Å². The molecule has 0 radical (unpaired) electrons. The lowest BCUT2D eigenvalue weighted by atomic mass is 9.93. The van der Waals surface area contributed by atoms with E-state index in [1.165, 1.54) is 10.4 Å². The lowest BCUT2D eigenvalue weighted by Gasteiger charge is -2.37. The van der Waals surface area contributed by atoms with Crippen molar-refractivity contribution >= 4 is 23.2 Å². The molecule has 150 valence electrons. The molecule has 0 spiro atoms. The molecule has 0 saturated heterocycles. The summed E-state index contributed by atoms with van der Waals surface area (Å²) in [5.41, 5.74) is 2.32. The number of thiophene rings is 1. The van der Waals surface area contributed by atoms with Crippen molar-refractivity contribution in [1.29, 1.82) is 0 Å². The van der Waals surface area contributed by atoms with Crippen LogP contribution in [0.2, 0.25) is 0 Å². The minimum Gasteiger partial charge on any atom is -0.383 e. The van der Waals surface area contributed by atoms with E-state index in [0.29, 0.717) is 26.1 Å². The highest BCUT2D eigenvalue weighted by atomic mass is 32.1. The third-order valence-corrected chi connectivity index (χ3v) is 6.11. The number of rotatable bonds is 8. The molecule has 1 aliphatic rings. The van der Waals surface area contributed by atoms with E-state index in [4.69, 9.17) is 4.74 Å². The van der Waals surface area contributed by atoms with Crippen molar-refractivity contribution in [2.75, 3.05) is 33.4 Å². The number of fused-ring (bicyclic) bond motifs is 1. The molecule has 0 saturated carbocycles. The van der Waals surface area contributed by atoms with Crippen LogP contribution in [0.4, 0.5) is 0 Å². The normalized spacial score (nSPS) is 15.9. The molecule has 1 aromatic heterocycles. The van der Waals surface area contributed by atoms with E-state index >= 15 is 0 Å². The molecular weight excluding hydrogens is 372 g/mol. The smallest absolute Gasteiger partial charge is 0.242 e. The maximum atomic E-state index is 13.3. The van der Waals surface area contributed by atoms with E-state index in [1.54, 1.807) is 23.3 Å². The minimum absolute atomic E-state index is 0.00809. The van der Waals surface area contributed by atoms with Crippen molar-refractivity contribution in [3.8, 4) is 0 Å². The van der Waals surface area contributed by atoms with Gasteiger partial charge in [-0.15, -0.1) is 11.3 Å². The Hall–Kier alpha value is -2.18. The predicted octanol–water partition coefficient (Wildman–Crippen LogP) is 3.50. The quantitative estimate of drug-likeness (QED) is 0.681. The molecule has 1 aromatic carbocycles. The maximum Gasteiger partial charge on any atom is 0.242 e. The van der Waals surface area contributed by atoms with Crippen molar-refractivity contribution in [2.45, 2.75) is 32.2 Å². The molecular formula is C22H28N2O3S. The van der Waals surface area contributed by atoms with Crippen LogP contribution in [0.25, 0.3) is 0 Å². The van der Waals surface area contributed by atoms with Gasteiger partial charge in [-0.05, 0) is 35.4 Å². The average Bonchev–Trinajstić information content (AvgIpc) is 3.19. The van der Waals surface area contributed by atoms with E-state index in [0.717, 1.165) is 18.4 Å². The second kappa shape index (κ2) is 9.85. The zero-order valence-corrected chi connectivity index (χ0v) is 17.4. The largest absolute Gasteiger partial charge is 0.383 e. The van der Waals surface area contributed by atoms with Crippen molar-refractivity contribution in [1.82, 2.24) is 9.80 Å². The first-order chi connectivity index (χ1) is 13.7. The van der Waals surface area contributed by atoms with Crippen molar-refractivity contribution in [3.63, 3.8) is 0 Å². The van der Waals surface area contributed by atoms with Crippen LogP contribution in [0.3, 0.4) is 0 Å². The topological polar surface area (TPSA) is 49.9 Å². The van der Waals surface area contributed by atoms with Crippen molar-refractivity contribution < 1.29 is 14.3 Å². The Kier molecular flexibility index (Phi) is 7.23. The molecule has 0 N–H and O–H groups in total. The van der Waals surface area contributed by atoms with Gasteiger partial charge in [-0.2, -0.15) is 0 Å². The van der Waals surface area contributed by atoms with E-state index in [2.05, 4.69) is 23.6 Å². The second-order valence-corrected chi connectivity index (χ2v) is 8.01.